The van der Waals surface area contributed by atoms with E-state index in [0.29, 0.717) is 12.6 Å². The summed E-state index contributed by atoms with van der Waals surface area (Å²) in [4.78, 5) is 12.1. The van der Waals surface area contributed by atoms with Crippen molar-refractivity contribution in [1.29, 1.82) is 0 Å². The zero-order valence-corrected chi connectivity index (χ0v) is 13.5. The van der Waals surface area contributed by atoms with Crippen LogP contribution in [0.5, 0.6) is 0 Å². The first-order valence-electron chi connectivity index (χ1n) is 8.34. The molecule has 2 atom stereocenters. The Labute approximate surface area is 132 Å². The maximum absolute atomic E-state index is 12.1. The number of benzene rings is 1. The van der Waals surface area contributed by atoms with Gasteiger partial charge in [0.1, 0.15) is 0 Å². The van der Waals surface area contributed by atoms with Crippen molar-refractivity contribution in [3.63, 3.8) is 0 Å². The SMILES string of the molecule is Cc1cccc(C)c1CNC(=O)N[C@@H]1CCO[C@@H](C2CC2)C1. The Morgan fingerprint density at radius 1 is 1.23 bits per heavy atom. The molecule has 1 saturated heterocycles. The maximum atomic E-state index is 12.1. The van der Waals surface area contributed by atoms with Crippen molar-refractivity contribution in [3.8, 4) is 0 Å². The van der Waals surface area contributed by atoms with Gasteiger partial charge in [-0.3, -0.25) is 0 Å². The fourth-order valence-electron chi connectivity index (χ4n) is 3.29. The number of amides is 2. The molecule has 1 aromatic carbocycles. The van der Waals surface area contributed by atoms with Gasteiger partial charge in [0.15, 0.2) is 0 Å². The summed E-state index contributed by atoms with van der Waals surface area (Å²) < 4.78 is 5.80. The van der Waals surface area contributed by atoms with Gasteiger partial charge in [-0.15, -0.1) is 0 Å². The molecule has 22 heavy (non-hydrogen) atoms. The van der Waals surface area contributed by atoms with Crippen LogP contribution in [-0.4, -0.2) is 24.8 Å². The van der Waals surface area contributed by atoms with E-state index in [1.165, 1.54) is 29.5 Å². The van der Waals surface area contributed by atoms with E-state index in [-0.39, 0.29) is 12.1 Å². The quantitative estimate of drug-likeness (QED) is 0.898. The van der Waals surface area contributed by atoms with E-state index in [2.05, 4.69) is 36.6 Å². The van der Waals surface area contributed by atoms with E-state index in [1.54, 1.807) is 0 Å². The molecule has 1 heterocycles. The van der Waals surface area contributed by atoms with Crippen LogP contribution in [0.4, 0.5) is 4.79 Å². The number of ether oxygens (including phenoxy) is 1. The predicted octanol–water partition coefficient (Wildman–Crippen LogP) is 3.06. The third-order valence-electron chi connectivity index (χ3n) is 4.87. The van der Waals surface area contributed by atoms with Gasteiger partial charge in [-0.1, -0.05) is 18.2 Å². The van der Waals surface area contributed by atoms with E-state index < -0.39 is 0 Å². The second-order valence-corrected chi connectivity index (χ2v) is 6.67. The highest BCUT2D eigenvalue weighted by molar-refractivity contribution is 5.74. The van der Waals surface area contributed by atoms with Crippen LogP contribution in [0.3, 0.4) is 0 Å². The molecule has 0 aromatic heterocycles. The molecule has 1 aliphatic heterocycles. The maximum Gasteiger partial charge on any atom is 0.315 e. The third kappa shape index (κ3) is 3.80. The lowest BCUT2D eigenvalue weighted by Crippen LogP contribution is -2.46. The van der Waals surface area contributed by atoms with Gasteiger partial charge in [0, 0.05) is 19.2 Å². The standard InChI is InChI=1S/C18H26N2O2/c1-12-4-3-5-13(2)16(12)11-19-18(21)20-15-8-9-22-17(10-15)14-6-7-14/h3-5,14-15,17H,6-11H2,1-2H3,(H2,19,20,21)/t15-,17-/m1/s1. The highest BCUT2D eigenvalue weighted by atomic mass is 16.5. The minimum Gasteiger partial charge on any atom is -0.378 e. The summed E-state index contributed by atoms with van der Waals surface area (Å²) >= 11 is 0. The van der Waals surface area contributed by atoms with Crippen molar-refractivity contribution >= 4 is 6.03 Å². The summed E-state index contributed by atoms with van der Waals surface area (Å²) in [6.45, 7) is 5.52. The monoisotopic (exact) mass is 302 g/mol. The summed E-state index contributed by atoms with van der Waals surface area (Å²) in [5, 5.41) is 6.11. The van der Waals surface area contributed by atoms with Crippen LogP contribution in [0.2, 0.25) is 0 Å². The van der Waals surface area contributed by atoms with E-state index in [1.807, 2.05) is 6.07 Å². The fraction of sp³-hybridized carbons (Fsp3) is 0.611. The lowest BCUT2D eigenvalue weighted by atomic mass is 10.0. The molecular formula is C18H26N2O2. The van der Waals surface area contributed by atoms with Gasteiger partial charge in [0.2, 0.25) is 0 Å². The molecule has 0 spiro atoms. The Bertz CT molecular complexity index is 520. The summed E-state index contributed by atoms with van der Waals surface area (Å²) in [5.74, 6) is 0.738. The molecule has 2 N–H and O–H groups in total. The number of hydrogen-bond acceptors (Lipinski definition) is 2. The van der Waals surface area contributed by atoms with Gasteiger partial charge in [0.25, 0.3) is 0 Å². The molecule has 1 aliphatic carbocycles. The number of urea groups is 1. The van der Waals surface area contributed by atoms with Crippen molar-refractivity contribution in [2.75, 3.05) is 6.61 Å². The first kappa shape index (κ1) is 15.3. The number of carbonyl (C=O) groups is 1. The molecule has 1 aromatic rings. The molecule has 4 nitrogen and oxygen atoms in total. The number of nitrogens with one attached hydrogen (secondary N) is 2. The molecule has 0 unspecified atom stereocenters. The first-order chi connectivity index (χ1) is 10.6. The summed E-state index contributed by atoms with van der Waals surface area (Å²) in [5.41, 5.74) is 3.65. The van der Waals surface area contributed by atoms with Crippen LogP contribution in [-0.2, 0) is 11.3 Å². The van der Waals surface area contributed by atoms with Crippen molar-refractivity contribution in [2.45, 2.75) is 58.2 Å². The van der Waals surface area contributed by atoms with Gasteiger partial charge < -0.3 is 15.4 Å². The van der Waals surface area contributed by atoms with E-state index in [9.17, 15) is 4.79 Å². The molecule has 0 radical (unpaired) electrons. The lowest BCUT2D eigenvalue weighted by molar-refractivity contribution is -0.00914. The van der Waals surface area contributed by atoms with Crippen LogP contribution in [0, 0.1) is 19.8 Å². The Kier molecular flexibility index (Phi) is 4.67. The van der Waals surface area contributed by atoms with Crippen molar-refractivity contribution in [2.24, 2.45) is 5.92 Å². The highest BCUT2D eigenvalue weighted by Crippen LogP contribution is 2.38. The second-order valence-electron chi connectivity index (χ2n) is 6.67. The zero-order chi connectivity index (χ0) is 15.5. The summed E-state index contributed by atoms with van der Waals surface area (Å²) in [6, 6.07) is 6.40. The molecule has 120 valence electrons. The van der Waals surface area contributed by atoms with Gasteiger partial charge in [-0.2, -0.15) is 0 Å². The number of rotatable bonds is 4. The van der Waals surface area contributed by atoms with E-state index in [4.69, 9.17) is 4.74 Å². The Hall–Kier alpha value is -1.55. The molecule has 0 bridgehead atoms. The summed E-state index contributed by atoms with van der Waals surface area (Å²) in [6.07, 6.45) is 4.81. The first-order valence-corrected chi connectivity index (χ1v) is 8.34. The predicted molar refractivity (Wildman–Crippen MR) is 86.8 cm³/mol. The van der Waals surface area contributed by atoms with Gasteiger partial charge in [0.05, 0.1) is 6.10 Å². The van der Waals surface area contributed by atoms with Gasteiger partial charge >= 0.3 is 6.03 Å². The zero-order valence-electron chi connectivity index (χ0n) is 13.5. The normalized spacial score (nSPS) is 24.8. The van der Waals surface area contributed by atoms with Crippen LogP contribution in [0.1, 0.15) is 42.4 Å². The Balaban J connectivity index is 1.48. The number of hydrogen-bond donors (Lipinski definition) is 2. The Morgan fingerprint density at radius 2 is 1.95 bits per heavy atom. The summed E-state index contributed by atoms with van der Waals surface area (Å²) in [7, 11) is 0. The van der Waals surface area contributed by atoms with Crippen molar-refractivity contribution in [3.05, 3.63) is 34.9 Å². The van der Waals surface area contributed by atoms with Crippen LogP contribution in [0.25, 0.3) is 0 Å². The minimum absolute atomic E-state index is 0.0656. The van der Waals surface area contributed by atoms with E-state index in [0.717, 1.165) is 25.4 Å². The van der Waals surface area contributed by atoms with E-state index >= 15 is 0 Å². The Morgan fingerprint density at radius 3 is 2.64 bits per heavy atom. The van der Waals surface area contributed by atoms with Crippen LogP contribution in [0.15, 0.2) is 18.2 Å². The van der Waals surface area contributed by atoms with Gasteiger partial charge in [-0.25, -0.2) is 4.79 Å². The molecule has 3 rings (SSSR count). The number of carbonyl (C=O) groups excluding carboxylic acids is 1. The topological polar surface area (TPSA) is 50.4 Å². The molecule has 2 fully saturated rings. The number of aryl methyl sites for hydroxylation is 2. The average Bonchev–Trinajstić information content (AvgIpc) is 3.31. The largest absolute Gasteiger partial charge is 0.378 e. The molecule has 4 heteroatoms. The molecule has 2 amide bonds. The smallest absolute Gasteiger partial charge is 0.315 e. The second kappa shape index (κ2) is 6.69. The highest BCUT2D eigenvalue weighted by Gasteiger charge is 2.36. The molecular weight excluding hydrogens is 276 g/mol. The lowest BCUT2D eigenvalue weighted by Gasteiger charge is -2.30. The average molecular weight is 302 g/mol. The minimum atomic E-state index is -0.0656. The fourth-order valence-corrected chi connectivity index (χ4v) is 3.29. The van der Waals surface area contributed by atoms with Crippen molar-refractivity contribution in [1.82, 2.24) is 10.6 Å². The van der Waals surface area contributed by atoms with Crippen LogP contribution < -0.4 is 10.6 Å². The molecule has 1 saturated carbocycles. The van der Waals surface area contributed by atoms with Crippen molar-refractivity contribution < 1.29 is 9.53 Å². The van der Waals surface area contributed by atoms with Crippen LogP contribution >= 0.6 is 0 Å². The third-order valence-corrected chi connectivity index (χ3v) is 4.87. The van der Waals surface area contributed by atoms with Gasteiger partial charge in [-0.05, 0) is 62.1 Å². The molecule has 2 aliphatic rings.